The molecular weight excluding hydrogens is 348 g/mol. The molecular formula is C23H26N4O. The Labute approximate surface area is 165 Å². The van der Waals surface area contributed by atoms with E-state index in [1.165, 1.54) is 10.9 Å². The number of anilines is 1. The molecule has 1 aromatic heterocycles. The highest BCUT2D eigenvalue weighted by molar-refractivity contribution is 6.11. The number of benzene rings is 2. The number of hydrogen-bond donors (Lipinski definition) is 2. The number of carbonyl (C=O) groups excluding carboxylic acids is 1. The number of fused-ring (bicyclic) bond motifs is 6. The Morgan fingerprint density at radius 3 is 2.64 bits per heavy atom. The zero-order valence-corrected chi connectivity index (χ0v) is 16.5. The van der Waals surface area contributed by atoms with Crippen LogP contribution in [0.1, 0.15) is 30.7 Å². The molecule has 5 nitrogen and oxygen atoms in total. The van der Waals surface area contributed by atoms with E-state index in [1.807, 2.05) is 23.1 Å². The van der Waals surface area contributed by atoms with E-state index in [0.29, 0.717) is 6.67 Å². The van der Waals surface area contributed by atoms with E-state index in [0.717, 1.165) is 48.5 Å². The van der Waals surface area contributed by atoms with E-state index in [9.17, 15) is 4.79 Å². The highest BCUT2D eigenvalue weighted by Gasteiger charge is 2.55. The van der Waals surface area contributed by atoms with Crippen LogP contribution in [0, 0.1) is 0 Å². The summed E-state index contributed by atoms with van der Waals surface area (Å²) >= 11 is 0. The van der Waals surface area contributed by atoms with E-state index in [1.54, 1.807) is 0 Å². The summed E-state index contributed by atoms with van der Waals surface area (Å²) in [4.78, 5) is 21.8. The van der Waals surface area contributed by atoms with Gasteiger partial charge in [0.2, 0.25) is 0 Å². The van der Waals surface area contributed by atoms with Crippen molar-refractivity contribution >= 4 is 22.5 Å². The maximum absolute atomic E-state index is 14.0. The quantitative estimate of drug-likeness (QED) is 0.737. The zero-order chi connectivity index (χ0) is 19.3. The van der Waals surface area contributed by atoms with E-state index in [2.05, 4.69) is 59.4 Å². The number of para-hydroxylation sites is 2. The SMILES string of the molecule is CCN(CC)CN1C(=O)[C@@]2(NCCc3c2[nH]c2ccccc32)c2ccccc21. The Kier molecular flexibility index (Phi) is 4.03. The van der Waals surface area contributed by atoms with Crippen molar-refractivity contribution < 1.29 is 4.79 Å². The molecule has 5 rings (SSSR count). The van der Waals surface area contributed by atoms with Crippen LogP contribution < -0.4 is 10.2 Å². The molecule has 1 spiro atoms. The van der Waals surface area contributed by atoms with Gasteiger partial charge in [-0.05, 0) is 37.2 Å². The van der Waals surface area contributed by atoms with Gasteiger partial charge in [-0.1, -0.05) is 50.2 Å². The fourth-order valence-electron chi connectivity index (χ4n) is 4.87. The number of carbonyl (C=O) groups is 1. The zero-order valence-electron chi connectivity index (χ0n) is 16.5. The van der Waals surface area contributed by atoms with Crippen molar-refractivity contribution in [3.63, 3.8) is 0 Å². The van der Waals surface area contributed by atoms with Crippen LogP contribution in [0.5, 0.6) is 0 Å². The highest BCUT2D eigenvalue weighted by atomic mass is 16.2. The summed E-state index contributed by atoms with van der Waals surface area (Å²) in [5.41, 5.74) is 4.62. The Balaban J connectivity index is 1.72. The van der Waals surface area contributed by atoms with Gasteiger partial charge in [-0.15, -0.1) is 0 Å². The lowest BCUT2D eigenvalue weighted by Gasteiger charge is -2.35. The fourth-order valence-corrected chi connectivity index (χ4v) is 4.87. The average Bonchev–Trinajstić information content (AvgIpc) is 3.23. The monoisotopic (exact) mass is 374 g/mol. The van der Waals surface area contributed by atoms with Crippen LogP contribution >= 0.6 is 0 Å². The number of hydrogen-bond acceptors (Lipinski definition) is 3. The van der Waals surface area contributed by atoms with Crippen LogP contribution in [0.3, 0.4) is 0 Å². The highest BCUT2D eigenvalue weighted by Crippen LogP contribution is 2.47. The molecule has 3 heterocycles. The van der Waals surface area contributed by atoms with Crippen molar-refractivity contribution in [2.24, 2.45) is 0 Å². The second-order valence-electron chi connectivity index (χ2n) is 7.65. The molecule has 0 bridgehead atoms. The molecule has 0 fully saturated rings. The van der Waals surface area contributed by atoms with Gasteiger partial charge in [0, 0.05) is 23.0 Å². The van der Waals surface area contributed by atoms with Gasteiger partial charge in [-0.2, -0.15) is 0 Å². The Morgan fingerprint density at radius 1 is 1.07 bits per heavy atom. The van der Waals surface area contributed by atoms with Crippen LogP contribution in [0.2, 0.25) is 0 Å². The predicted molar refractivity (Wildman–Crippen MR) is 113 cm³/mol. The number of aromatic amines is 1. The molecule has 5 heteroatoms. The molecule has 3 aromatic rings. The topological polar surface area (TPSA) is 51.4 Å². The molecule has 144 valence electrons. The van der Waals surface area contributed by atoms with E-state index < -0.39 is 5.54 Å². The normalized spacial score (nSPS) is 21.0. The lowest BCUT2D eigenvalue weighted by Crippen LogP contribution is -2.56. The van der Waals surface area contributed by atoms with Crippen molar-refractivity contribution in [1.29, 1.82) is 0 Å². The summed E-state index contributed by atoms with van der Waals surface area (Å²) in [6.45, 7) is 7.51. The molecule has 1 atom stereocenters. The molecule has 0 saturated carbocycles. The summed E-state index contributed by atoms with van der Waals surface area (Å²) in [5, 5.41) is 4.84. The summed E-state index contributed by atoms with van der Waals surface area (Å²) in [6, 6.07) is 16.6. The molecule has 28 heavy (non-hydrogen) atoms. The van der Waals surface area contributed by atoms with Gasteiger partial charge in [-0.25, -0.2) is 0 Å². The van der Waals surface area contributed by atoms with Gasteiger partial charge >= 0.3 is 0 Å². The van der Waals surface area contributed by atoms with Crippen molar-refractivity contribution in [3.8, 4) is 0 Å². The van der Waals surface area contributed by atoms with Gasteiger partial charge in [0.05, 0.1) is 18.1 Å². The summed E-state index contributed by atoms with van der Waals surface area (Å²) < 4.78 is 0. The van der Waals surface area contributed by atoms with Crippen LogP contribution in [-0.4, -0.2) is 42.1 Å². The van der Waals surface area contributed by atoms with Crippen LogP contribution in [-0.2, 0) is 16.8 Å². The minimum absolute atomic E-state index is 0.119. The molecule has 2 N–H and O–H groups in total. The number of rotatable bonds is 4. The first-order valence-corrected chi connectivity index (χ1v) is 10.2. The number of nitrogens with one attached hydrogen (secondary N) is 2. The smallest absolute Gasteiger partial charge is 0.259 e. The molecule has 2 aliphatic heterocycles. The fraction of sp³-hybridized carbons (Fsp3) is 0.348. The molecule has 0 saturated heterocycles. The maximum atomic E-state index is 14.0. The second kappa shape index (κ2) is 6.47. The number of nitrogens with zero attached hydrogens (tertiary/aromatic N) is 2. The Morgan fingerprint density at radius 2 is 1.82 bits per heavy atom. The van der Waals surface area contributed by atoms with Crippen LogP contribution in [0.15, 0.2) is 48.5 Å². The first kappa shape index (κ1) is 17.5. The molecule has 0 aliphatic carbocycles. The Bertz CT molecular complexity index is 1050. The maximum Gasteiger partial charge on any atom is 0.259 e. The molecule has 2 aliphatic rings. The summed E-state index contributed by atoms with van der Waals surface area (Å²) in [6.07, 6.45) is 0.923. The predicted octanol–water partition coefficient (Wildman–Crippen LogP) is 3.20. The third-order valence-electron chi connectivity index (χ3n) is 6.35. The average molecular weight is 374 g/mol. The number of H-pyrrole nitrogens is 1. The van der Waals surface area contributed by atoms with Crippen molar-refractivity contribution in [2.45, 2.75) is 25.8 Å². The largest absolute Gasteiger partial charge is 0.356 e. The van der Waals surface area contributed by atoms with E-state index in [4.69, 9.17) is 0 Å². The molecule has 2 aromatic carbocycles. The van der Waals surface area contributed by atoms with Crippen LogP contribution in [0.25, 0.3) is 10.9 Å². The minimum atomic E-state index is -0.823. The third-order valence-corrected chi connectivity index (χ3v) is 6.35. The van der Waals surface area contributed by atoms with Gasteiger partial charge in [0.1, 0.15) is 0 Å². The number of aromatic nitrogens is 1. The lowest BCUT2D eigenvalue weighted by molar-refractivity contribution is -0.123. The van der Waals surface area contributed by atoms with Crippen LogP contribution in [0.4, 0.5) is 5.69 Å². The van der Waals surface area contributed by atoms with Gasteiger partial charge in [-0.3, -0.25) is 19.9 Å². The van der Waals surface area contributed by atoms with E-state index >= 15 is 0 Å². The van der Waals surface area contributed by atoms with Gasteiger partial charge in [0.25, 0.3) is 5.91 Å². The minimum Gasteiger partial charge on any atom is -0.356 e. The first-order valence-electron chi connectivity index (χ1n) is 10.2. The summed E-state index contributed by atoms with van der Waals surface area (Å²) in [7, 11) is 0. The molecule has 1 amide bonds. The van der Waals surface area contributed by atoms with Crippen molar-refractivity contribution in [3.05, 3.63) is 65.4 Å². The number of amides is 1. The lowest BCUT2D eigenvalue weighted by atomic mass is 9.82. The summed E-state index contributed by atoms with van der Waals surface area (Å²) in [5.74, 6) is 0.119. The molecule has 0 unspecified atom stereocenters. The van der Waals surface area contributed by atoms with Crippen molar-refractivity contribution in [1.82, 2.24) is 15.2 Å². The Hall–Kier alpha value is -2.63. The second-order valence-corrected chi connectivity index (χ2v) is 7.65. The third kappa shape index (κ3) is 2.23. The standard InChI is InChI=1S/C23H26N4O/c1-3-26(4-2)15-27-20-12-8-6-10-18(20)23(22(27)28)21-17(13-14-24-23)16-9-5-7-11-19(16)25-21/h5-12,24-25H,3-4,13-15H2,1-2H3/t23-/m1/s1. The van der Waals surface area contributed by atoms with E-state index in [-0.39, 0.29) is 5.91 Å². The molecule has 0 radical (unpaired) electrons. The van der Waals surface area contributed by atoms with Gasteiger partial charge in [0.15, 0.2) is 5.54 Å². The van der Waals surface area contributed by atoms with Gasteiger partial charge < -0.3 is 4.98 Å². The first-order chi connectivity index (χ1) is 13.7. The van der Waals surface area contributed by atoms with Crippen molar-refractivity contribution in [2.75, 3.05) is 31.2 Å².